The van der Waals surface area contributed by atoms with Gasteiger partial charge in [0.05, 0.1) is 18.5 Å². The van der Waals surface area contributed by atoms with Gasteiger partial charge in [0.25, 0.3) is 0 Å². The number of nitrogens with one attached hydrogen (secondary N) is 1. The van der Waals surface area contributed by atoms with Gasteiger partial charge < -0.3 is 15.8 Å². The van der Waals surface area contributed by atoms with Crippen molar-refractivity contribution >= 4 is 17.3 Å². The fraction of sp³-hybridized carbons (Fsp3) is 0.462. The molecule has 1 rings (SSSR count). The molecule has 1 aromatic carbocycles. The number of carbonyl (C=O) groups excluding carboxylic acids is 1. The molecule has 0 aromatic heterocycles. The Balaban J connectivity index is 2.88. The Morgan fingerprint density at radius 3 is 2.72 bits per heavy atom. The lowest BCUT2D eigenvalue weighted by Crippen LogP contribution is -2.32. The van der Waals surface area contributed by atoms with Gasteiger partial charge in [-0.05, 0) is 30.5 Å². The highest BCUT2D eigenvalue weighted by atomic mass is 19.1. The average Bonchev–Trinajstić information content (AvgIpc) is 2.31. The van der Waals surface area contributed by atoms with E-state index in [2.05, 4.69) is 5.32 Å². The summed E-state index contributed by atoms with van der Waals surface area (Å²) in [6.07, 6.45) is 0.586. The van der Waals surface area contributed by atoms with Gasteiger partial charge in [0.15, 0.2) is 0 Å². The summed E-state index contributed by atoms with van der Waals surface area (Å²) in [5, 5.41) is 2.93. The van der Waals surface area contributed by atoms with Crippen LogP contribution in [0.3, 0.4) is 0 Å². The molecule has 0 amide bonds. The first-order valence-electron chi connectivity index (χ1n) is 5.83. The maximum atomic E-state index is 13.1. The second-order valence-corrected chi connectivity index (χ2v) is 4.58. The zero-order chi connectivity index (χ0) is 13.7. The molecule has 5 heteroatoms. The highest BCUT2D eigenvalue weighted by molar-refractivity contribution is 5.81. The van der Waals surface area contributed by atoms with Crippen LogP contribution in [0, 0.1) is 11.7 Å². The summed E-state index contributed by atoms with van der Waals surface area (Å²) >= 11 is 0. The van der Waals surface area contributed by atoms with Gasteiger partial charge in [-0.25, -0.2) is 9.18 Å². The van der Waals surface area contributed by atoms with Crippen LogP contribution >= 0.6 is 0 Å². The minimum absolute atomic E-state index is 0.302. The quantitative estimate of drug-likeness (QED) is 0.625. The lowest BCUT2D eigenvalue weighted by molar-refractivity contribution is -0.141. The van der Waals surface area contributed by atoms with Crippen LogP contribution in [0.1, 0.15) is 20.3 Å². The second-order valence-electron chi connectivity index (χ2n) is 4.58. The molecule has 0 aliphatic carbocycles. The molecule has 0 heterocycles. The van der Waals surface area contributed by atoms with Crippen LogP contribution in [0.2, 0.25) is 0 Å². The molecule has 0 radical (unpaired) electrons. The van der Waals surface area contributed by atoms with Crippen molar-refractivity contribution in [2.45, 2.75) is 26.3 Å². The largest absolute Gasteiger partial charge is 0.467 e. The van der Waals surface area contributed by atoms with Crippen molar-refractivity contribution in [2.75, 3.05) is 18.2 Å². The zero-order valence-electron chi connectivity index (χ0n) is 10.9. The van der Waals surface area contributed by atoms with E-state index in [1.165, 1.54) is 25.3 Å². The summed E-state index contributed by atoms with van der Waals surface area (Å²) < 4.78 is 17.9. The zero-order valence-corrected chi connectivity index (χ0v) is 10.9. The number of nitrogens with two attached hydrogens (primary N) is 1. The van der Waals surface area contributed by atoms with E-state index in [9.17, 15) is 9.18 Å². The average molecular weight is 254 g/mol. The maximum Gasteiger partial charge on any atom is 0.328 e. The van der Waals surface area contributed by atoms with Crippen molar-refractivity contribution in [3.8, 4) is 0 Å². The third-order valence-electron chi connectivity index (χ3n) is 2.54. The third kappa shape index (κ3) is 3.91. The summed E-state index contributed by atoms with van der Waals surface area (Å²) in [6, 6.07) is 3.47. The molecule has 1 unspecified atom stereocenters. The molecule has 18 heavy (non-hydrogen) atoms. The van der Waals surface area contributed by atoms with Crippen LogP contribution < -0.4 is 11.1 Å². The monoisotopic (exact) mass is 254 g/mol. The number of hydrogen-bond acceptors (Lipinski definition) is 4. The number of methoxy groups -OCH3 is 1. The first-order chi connectivity index (χ1) is 8.43. The first-order valence-corrected chi connectivity index (χ1v) is 5.83. The lowest BCUT2D eigenvalue weighted by Gasteiger charge is -2.20. The number of carbonyl (C=O) groups is 1. The SMILES string of the molecule is COC(=O)C(CC(C)C)Nc1cc(F)ccc1N. The summed E-state index contributed by atoms with van der Waals surface area (Å²) in [5.41, 5.74) is 6.53. The molecule has 0 aliphatic rings. The number of benzene rings is 1. The molecule has 3 N–H and O–H groups in total. The molecular formula is C13H19FN2O2. The van der Waals surface area contributed by atoms with E-state index in [0.717, 1.165) is 0 Å². The molecule has 0 spiro atoms. The molecule has 0 saturated heterocycles. The number of hydrogen-bond donors (Lipinski definition) is 2. The molecule has 0 saturated carbocycles. The van der Waals surface area contributed by atoms with Gasteiger partial charge >= 0.3 is 5.97 Å². The molecule has 4 nitrogen and oxygen atoms in total. The maximum absolute atomic E-state index is 13.1. The summed E-state index contributed by atoms with van der Waals surface area (Å²) in [4.78, 5) is 11.6. The van der Waals surface area contributed by atoms with Crippen LogP contribution in [0.25, 0.3) is 0 Å². The lowest BCUT2D eigenvalue weighted by atomic mass is 10.0. The molecule has 1 atom stereocenters. The van der Waals surface area contributed by atoms with E-state index < -0.39 is 11.9 Å². The van der Waals surface area contributed by atoms with Gasteiger partial charge in [0.1, 0.15) is 11.9 Å². The summed E-state index contributed by atoms with van der Waals surface area (Å²) in [6.45, 7) is 3.99. The van der Waals surface area contributed by atoms with Crippen molar-refractivity contribution in [1.82, 2.24) is 0 Å². The van der Waals surface area contributed by atoms with E-state index in [4.69, 9.17) is 10.5 Å². The molecule has 0 fully saturated rings. The highest BCUT2D eigenvalue weighted by Gasteiger charge is 2.21. The Bertz CT molecular complexity index is 421. The molecule has 0 bridgehead atoms. The van der Waals surface area contributed by atoms with Gasteiger partial charge in [0.2, 0.25) is 0 Å². The van der Waals surface area contributed by atoms with Crippen LogP contribution in [-0.2, 0) is 9.53 Å². The van der Waals surface area contributed by atoms with Crippen molar-refractivity contribution in [3.05, 3.63) is 24.0 Å². The van der Waals surface area contributed by atoms with E-state index in [1.54, 1.807) is 0 Å². The Kier molecular flexibility index (Phi) is 4.95. The molecule has 100 valence electrons. The fourth-order valence-electron chi connectivity index (χ4n) is 1.67. The standard InChI is InChI=1S/C13H19FN2O2/c1-8(2)6-12(13(17)18-3)16-11-7-9(14)4-5-10(11)15/h4-5,7-8,12,16H,6,15H2,1-3H3. The van der Waals surface area contributed by atoms with Crippen LogP contribution in [-0.4, -0.2) is 19.1 Å². The van der Waals surface area contributed by atoms with Crippen molar-refractivity contribution < 1.29 is 13.9 Å². The smallest absolute Gasteiger partial charge is 0.328 e. The normalized spacial score (nSPS) is 12.3. The van der Waals surface area contributed by atoms with E-state index in [1.807, 2.05) is 13.8 Å². The van der Waals surface area contributed by atoms with Crippen LogP contribution in [0.4, 0.5) is 15.8 Å². The van der Waals surface area contributed by atoms with Crippen LogP contribution in [0.15, 0.2) is 18.2 Å². The molecular weight excluding hydrogens is 235 g/mol. The number of rotatable bonds is 5. The molecule has 1 aromatic rings. The van der Waals surface area contributed by atoms with Crippen molar-refractivity contribution in [3.63, 3.8) is 0 Å². The van der Waals surface area contributed by atoms with Gasteiger partial charge in [-0.2, -0.15) is 0 Å². The number of nitrogen functional groups attached to an aromatic ring is 1. The first kappa shape index (κ1) is 14.3. The number of anilines is 2. The Morgan fingerprint density at radius 2 is 2.17 bits per heavy atom. The highest BCUT2D eigenvalue weighted by Crippen LogP contribution is 2.22. The predicted octanol–water partition coefficient (Wildman–Crippen LogP) is 2.41. The Morgan fingerprint density at radius 1 is 1.50 bits per heavy atom. The van der Waals surface area contributed by atoms with Gasteiger partial charge in [0, 0.05) is 0 Å². The number of esters is 1. The minimum Gasteiger partial charge on any atom is -0.467 e. The molecule has 0 aliphatic heterocycles. The fourth-order valence-corrected chi connectivity index (χ4v) is 1.67. The van der Waals surface area contributed by atoms with Gasteiger partial charge in [-0.3, -0.25) is 0 Å². The third-order valence-corrected chi connectivity index (χ3v) is 2.54. The second kappa shape index (κ2) is 6.23. The Hall–Kier alpha value is -1.78. The van der Waals surface area contributed by atoms with E-state index in [0.29, 0.717) is 23.7 Å². The number of ether oxygens (including phenoxy) is 1. The van der Waals surface area contributed by atoms with Gasteiger partial charge in [-0.15, -0.1) is 0 Å². The van der Waals surface area contributed by atoms with Gasteiger partial charge in [-0.1, -0.05) is 13.8 Å². The minimum atomic E-state index is -0.529. The summed E-state index contributed by atoms with van der Waals surface area (Å²) in [5.74, 6) is -0.483. The predicted molar refractivity (Wildman–Crippen MR) is 69.7 cm³/mol. The van der Waals surface area contributed by atoms with E-state index >= 15 is 0 Å². The van der Waals surface area contributed by atoms with Crippen molar-refractivity contribution in [2.24, 2.45) is 5.92 Å². The van der Waals surface area contributed by atoms with Crippen LogP contribution in [0.5, 0.6) is 0 Å². The number of halogens is 1. The van der Waals surface area contributed by atoms with E-state index in [-0.39, 0.29) is 5.97 Å². The van der Waals surface area contributed by atoms with Crippen molar-refractivity contribution in [1.29, 1.82) is 0 Å². The Labute approximate surface area is 106 Å². The summed E-state index contributed by atoms with van der Waals surface area (Å²) in [7, 11) is 1.33. The topological polar surface area (TPSA) is 64.3 Å².